The van der Waals surface area contributed by atoms with Crippen LogP contribution in [-0.4, -0.2) is 18.5 Å². The lowest BCUT2D eigenvalue weighted by atomic mass is 10.0. The maximum atomic E-state index is 13.5. The molecule has 21 heavy (non-hydrogen) atoms. The molecule has 2 nitrogen and oxygen atoms in total. The van der Waals surface area contributed by atoms with Crippen molar-refractivity contribution in [2.75, 3.05) is 13.6 Å². The van der Waals surface area contributed by atoms with Gasteiger partial charge in [0.25, 0.3) is 0 Å². The summed E-state index contributed by atoms with van der Waals surface area (Å²) in [6.45, 7) is 1.12. The molecule has 0 aromatic heterocycles. The number of likely N-dealkylation sites (N-methyl/N-ethyl adjacent to an activating group) is 1. The highest BCUT2D eigenvalue weighted by Crippen LogP contribution is 2.28. The zero-order chi connectivity index (χ0) is 15.4. The number of rotatable bonds is 5. The van der Waals surface area contributed by atoms with Gasteiger partial charge in [-0.1, -0.05) is 39.7 Å². The number of hydrogen-bond donors (Lipinski definition) is 1. The summed E-state index contributed by atoms with van der Waals surface area (Å²) in [7, 11) is 1.98. The van der Waals surface area contributed by atoms with Crippen LogP contribution in [0.5, 0.6) is 0 Å². The van der Waals surface area contributed by atoms with Gasteiger partial charge < -0.3 is 5.73 Å². The van der Waals surface area contributed by atoms with Crippen molar-refractivity contribution in [3.8, 4) is 0 Å². The molecule has 0 aliphatic rings. The van der Waals surface area contributed by atoms with E-state index in [4.69, 9.17) is 17.3 Å². The molecule has 0 amide bonds. The van der Waals surface area contributed by atoms with Crippen LogP contribution in [0.1, 0.15) is 17.2 Å². The van der Waals surface area contributed by atoms with E-state index in [1.807, 2.05) is 31.3 Å². The van der Waals surface area contributed by atoms with E-state index in [1.54, 1.807) is 6.07 Å². The van der Waals surface area contributed by atoms with E-state index in [-0.39, 0.29) is 11.9 Å². The summed E-state index contributed by atoms with van der Waals surface area (Å²) in [6.07, 6.45) is 0. The third-order valence-electron chi connectivity index (χ3n) is 3.42. The molecule has 2 aromatic carbocycles. The molecule has 1 unspecified atom stereocenters. The van der Waals surface area contributed by atoms with E-state index >= 15 is 0 Å². The summed E-state index contributed by atoms with van der Waals surface area (Å²) in [4.78, 5) is 2.10. The largest absolute Gasteiger partial charge is 0.329 e. The Morgan fingerprint density at radius 1 is 1.24 bits per heavy atom. The Hall–Kier alpha value is -0.940. The minimum Gasteiger partial charge on any atom is -0.329 e. The number of nitrogens with zero attached hydrogens (tertiary/aromatic N) is 1. The van der Waals surface area contributed by atoms with Gasteiger partial charge >= 0.3 is 0 Å². The minimum absolute atomic E-state index is 0.0641. The summed E-state index contributed by atoms with van der Waals surface area (Å²) in [5.41, 5.74) is 7.88. The molecule has 2 N–H and O–H groups in total. The van der Waals surface area contributed by atoms with Crippen molar-refractivity contribution in [1.82, 2.24) is 4.90 Å². The number of benzene rings is 2. The minimum atomic E-state index is -0.258. The van der Waals surface area contributed by atoms with Crippen LogP contribution in [0.4, 0.5) is 4.39 Å². The van der Waals surface area contributed by atoms with Gasteiger partial charge in [0.05, 0.1) is 0 Å². The van der Waals surface area contributed by atoms with Crippen LogP contribution >= 0.6 is 27.5 Å². The van der Waals surface area contributed by atoms with Gasteiger partial charge in [-0.2, -0.15) is 0 Å². The van der Waals surface area contributed by atoms with Crippen LogP contribution in [0.25, 0.3) is 0 Å². The highest BCUT2D eigenvalue weighted by atomic mass is 79.9. The van der Waals surface area contributed by atoms with E-state index in [2.05, 4.69) is 20.8 Å². The molecule has 5 heteroatoms. The lowest BCUT2D eigenvalue weighted by molar-refractivity contribution is 0.240. The van der Waals surface area contributed by atoms with Gasteiger partial charge in [0.2, 0.25) is 0 Å². The average Bonchev–Trinajstić information content (AvgIpc) is 2.46. The Balaban J connectivity index is 2.20. The molecule has 2 aromatic rings. The second-order valence-electron chi connectivity index (χ2n) is 4.96. The van der Waals surface area contributed by atoms with E-state index in [0.29, 0.717) is 18.1 Å². The molecule has 0 spiro atoms. The topological polar surface area (TPSA) is 29.3 Å². The average molecular weight is 372 g/mol. The van der Waals surface area contributed by atoms with Gasteiger partial charge in [0, 0.05) is 28.6 Å². The van der Waals surface area contributed by atoms with Crippen molar-refractivity contribution in [2.45, 2.75) is 12.6 Å². The summed E-state index contributed by atoms with van der Waals surface area (Å²) in [5, 5.41) is 0.713. The summed E-state index contributed by atoms with van der Waals surface area (Å²) in [5.74, 6) is -0.258. The van der Waals surface area contributed by atoms with E-state index in [1.165, 1.54) is 12.1 Å². The Labute approximate surface area is 137 Å². The smallest absolute Gasteiger partial charge is 0.123 e. The normalized spacial score (nSPS) is 12.7. The van der Waals surface area contributed by atoms with Gasteiger partial charge in [0.1, 0.15) is 5.82 Å². The van der Waals surface area contributed by atoms with Crippen molar-refractivity contribution in [3.63, 3.8) is 0 Å². The predicted octanol–water partition coefficient (Wildman–Crippen LogP) is 4.37. The van der Waals surface area contributed by atoms with E-state index in [0.717, 1.165) is 15.6 Å². The number of halogens is 3. The maximum Gasteiger partial charge on any atom is 0.123 e. The van der Waals surface area contributed by atoms with Crippen molar-refractivity contribution in [3.05, 3.63) is 68.9 Å². The van der Waals surface area contributed by atoms with Gasteiger partial charge in [-0.3, -0.25) is 4.90 Å². The van der Waals surface area contributed by atoms with E-state index in [9.17, 15) is 4.39 Å². The molecule has 1 atom stereocenters. The quantitative estimate of drug-likeness (QED) is 0.845. The Bertz CT molecular complexity index is 604. The molecule has 0 aliphatic carbocycles. The van der Waals surface area contributed by atoms with Gasteiger partial charge in [-0.05, 0) is 48.5 Å². The molecule has 0 aliphatic heterocycles. The van der Waals surface area contributed by atoms with Crippen LogP contribution in [0.2, 0.25) is 5.02 Å². The molecule has 0 heterocycles. The molecule has 112 valence electrons. The fourth-order valence-corrected chi connectivity index (χ4v) is 2.94. The predicted molar refractivity (Wildman–Crippen MR) is 88.8 cm³/mol. The molecule has 0 saturated carbocycles. The molecular weight excluding hydrogens is 355 g/mol. The first kappa shape index (κ1) is 16.4. The van der Waals surface area contributed by atoms with Crippen LogP contribution < -0.4 is 5.73 Å². The third-order valence-corrected chi connectivity index (χ3v) is 4.39. The summed E-state index contributed by atoms with van der Waals surface area (Å²) < 4.78 is 14.3. The lowest BCUT2D eigenvalue weighted by Crippen LogP contribution is -2.30. The second-order valence-corrected chi connectivity index (χ2v) is 6.25. The van der Waals surface area contributed by atoms with Crippen molar-refractivity contribution >= 4 is 27.5 Å². The highest BCUT2D eigenvalue weighted by molar-refractivity contribution is 9.10. The van der Waals surface area contributed by atoms with Crippen molar-refractivity contribution < 1.29 is 4.39 Å². The maximum absolute atomic E-state index is 13.5. The first-order valence-electron chi connectivity index (χ1n) is 6.61. The highest BCUT2D eigenvalue weighted by Gasteiger charge is 2.19. The van der Waals surface area contributed by atoms with Crippen LogP contribution in [0, 0.1) is 5.82 Å². The SMILES string of the molecule is CN(Cc1ccc(Cl)cc1)C(CN)c1cc(F)ccc1Br. The van der Waals surface area contributed by atoms with Gasteiger partial charge in [-0.25, -0.2) is 4.39 Å². The lowest BCUT2D eigenvalue weighted by Gasteiger charge is -2.28. The summed E-state index contributed by atoms with van der Waals surface area (Å²) in [6, 6.07) is 12.3. The van der Waals surface area contributed by atoms with Crippen LogP contribution in [0.15, 0.2) is 46.9 Å². The monoisotopic (exact) mass is 370 g/mol. The van der Waals surface area contributed by atoms with E-state index < -0.39 is 0 Å². The Morgan fingerprint density at radius 2 is 1.90 bits per heavy atom. The summed E-state index contributed by atoms with van der Waals surface area (Å²) >= 11 is 9.36. The molecule has 0 bridgehead atoms. The van der Waals surface area contributed by atoms with Crippen molar-refractivity contribution in [1.29, 1.82) is 0 Å². The Morgan fingerprint density at radius 3 is 2.52 bits per heavy atom. The Kier molecular flexibility index (Phi) is 5.76. The molecule has 2 rings (SSSR count). The molecular formula is C16H17BrClFN2. The zero-order valence-electron chi connectivity index (χ0n) is 11.7. The number of nitrogens with two attached hydrogens (primary N) is 1. The van der Waals surface area contributed by atoms with Gasteiger partial charge in [0.15, 0.2) is 0 Å². The molecule has 0 saturated heterocycles. The van der Waals surface area contributed by atoms with Crippen LogP contribution in [0.3, 0.4) is 0 Å². The van der Waals surface area contributed by atoms with Crippen molar-refractivity contribution in [2.24, 2.45) is 5.73 Å². The zero-order valence-corrected chi connectivity index (χ0v) is 14.0. The molecule has 0 fully saturated rings. The second kappa shape index (κ2) is 7.36. The molecule has 0 radical (unpaired) electrons. The fraction of sp³-hybridized carbons (Fsp3) is 0.250. The van der Waals surface area contributed by atoms with Gasteiger partial charge in [-0.15, -0.1) is 0 Å². The standard InChI is InChI=1S/C16H17BrClFN2/c1-21(10-11-2-4-12(18)5-3-11)16(9-20)14-8-13(19)6-7-15(14)17/h2-8,16H,9-10,20H2,1H3. The fourth-order valence-electron chi connectivity index (χ4n) is 2.30. The van der Waals surface area contributed by atoms with Crippen LogP contribution in [-0.2, 0) is 6.54 Å². The first-order chi connectivity index (χ1) is 10.0. The number of hydrogen-bond acceptors (Lipinski definition) is 2. The first-order valence-corrected chi connectivity index (χ1v) is 7.78. The third kappa shape index (κ3) is 4.27.